The van der Waals surface area contributed by atoms with Crippen LogP contribution in [-0.2, 0) is 14.3 Å². The fourth-order valence-corrected chi connectivity index (χ4v) is 5.33. The van der Waals surface area contributed by atoms with Gasteiger partial charge in [-0.25, -0.2) is 9.50 Å². The number of ketones is 1. The molecule has 0 radical (unpaired) electrons. The molecule has 8 nitrogen and oxygen atoms in total. The predicted molar refractivity (Wildman–Crippen MR) is 140 cm³/mol. The Balaban J connectivity index is 1.61. The highest BCUT2D eigenvalue weighted by Crippen LogP contribution is 2.40. The number of aryl methyl sites for hydroxylation is 1. The molecule has 0 spiro atoms. The van der Waals surface area contributed by atoms with Crippen LogP contribution in [0.1, 0.15) is 75.9 Å². The Labute approximate surface area is 213 Å². The Morgan fingerprint density at radius 2 is 1.94 bits per heavy atom. The number of aromatic nitrogens is 3. The van der Waals surface area contributed by atoms with Crippen LogP contribution < -0.4 is 5.32 Å². The van der Waals surface area contributed by atoms with E-state index in [1.807, 2.05) is 44.1 Å². The van der Waals surface area contributed by atoms with Gasteiger partial charge in [0.05, 0.1) is 41.5 Å². The van der Waals surface area contributed by atoms with Gasteiger partial charge in [0.15, 0.2) is 5.65 Å². The average Bonchev–Trinajstić information content (AvgIpc) is 3.42. The summed E-state index contributed by atoms with van der Waals surface area (Å²) in [6.45, 7) is 10.4. The van der Waals surface area contributed by atoms with Crippen LogP contribution in [-0.4, -0.2) is 45.3 Å². The van der Waals surface area contributed by atoms with Crippen LogP contribution in [0, 0.1) is 18.3 Å². The molecule has 192 valence electrons. The van der Waals surface area contributed by atoms with Crippen LogP contribution in [0.4, 0.5) is 11.4 Å². The molecule has 1 amide bonds. The molecule has 1 aromatic carbocycles. The maximum absolute atomic E-state index is 13.2. The van der Waals surface area contributed by atoms with Crippen molar-refractivity contribution in [2.24, 2.45) is 11.3 Å². The van der Waals surface area contributed by atoms with E-state index >= 15 is 0 Å². The van der Waals surface area contributed by atoms with Crippen molar-refractivity contribution < 1.29 is 14.3 Å². The van der Waals surface area contributed by atoms with Crippen LogP contribution >= 0.6 is 0 Å². The van der Waals surface area contributed by atoms with E-state index in [1.54, 1.807) is 17.8 Å². The Morgan fingerprint density at radius 1 is 1.25 bits per heavy atom. The van der Waals surface area contributed by atoms with E-state index in [0.717, 1.165) is 33.8 Å². The van der Waals surface area contributed by atoms with Crippen LogP contribution in [0.25, 0.3) is 5.65 Å². The Morgan fingerprint density at radius 3 is 2.53 bits per heavy atom. The minimum absolute atomic E-state index is 0.0514. The van der Waals surface area contributed by atoms with Crippen LogP contribution in [0.5, 0.6) is 0 Å². The fourth-order valence-electron chi connectivity index (χ4n) is 5.33. The standard InChI is InChI=1S/C28H37N5O3/c1-17-16-33-26(30-17)24(18(2)36-7)23(15-29-33)31-21-11-8-19(9-12-21)25(28(3,4)5)32(6)27(35)20-10-13-22(34)14-20/h8-9,11-12,15-16,18,20,25,31H,10,13-14H2,1-7H3/t18-,20+,25-/m0/s1. The topological polar surface area (TPSA) is 88.8 Å². The Kier molecular flexibility index (Phi) is 7.18. The molecule has 0 unspecified atom stereocenters. The highest BCUT2D eigenvalue weighted by molar-refractivity contribution is 5.90. The summed E-state index contributed by atoms with van der Waals surface area (Å²) in [4.78, 5) is 31.5. The maximum atomic E-state index is 13.2. The monoisotopic (exact) mass is 491 g/mol. The molecule has 0 bridgehead atoms. The van der Waals surface area contributed by atoms with Gasteiger partial charge in [-0.15, -0.1) is 0 Å². The van der Waals surface area contributed by atoms with Gasteiger partial charge in [0, 0.05) is 38.6 Å². The van der Waals surface area contributed by atoms with Gasteiger partial charge in [0.25, 0.3) is 0 Å². The minimum atomic E-state index is -0.205. The van der Waals surface area contributed by atoms with Gasteiger partial charge in [0.2, 0.25) is 5.91 Å². The number of amides is 1. The number of nitrogens with one attached hydrogen (secondary N) is 1. The molecule has 1 aliphatic rings. The molecule has 36 heavy (non-hydrogen) atoms. The zero-order chi connectivity index (χ0) is 26.2. The van der Waals surface area contributed by atoms with Crippen molar-refractivity contribution in [3.63, 3.8) is 0 Å². The molecule has 2 heterocycles. The number of Topliss-reactive ketones (excluding diaryl/α,β-unsaturated/α-hetero) is 1. The van der Waals surface area contributed by atoms with Crippen LogP contribution in [0.15, 0.2) is 36.7 Å². The largest absolute Gasteiger partial charge is 0.377 e. The number of ether oxygens (including phenoxy) is 1. The molecule has 3 aromatic rings. The van der Waals surface area contributed by atoms with Crippen molar-refractivity contribution in [1.29, 1.82) is 0 Å². The van der Waals surface area contributed by atoms with E-state index in [2.05, 4.69) is 48.3 Å². The van der Waals surface area contributed by atoms with Crippen LogP contribution in [0.2, 0.25) is 0 Å². The molecule has 1 aliphatic carbocycles. The molecule has 1 fully saturated rings. The number of rotatable bonds is 7. The maximum Gasteiger partial charge on any atom is 0.226 e. The van der Waals surface area contributed by atoms with Gasteiger partial charge in [0.1, 0.15) is 5.78 Å². The number of carbonyl (C=O) groups excluding carboxylic acids is 2. The molecule has 8 heteroatoms. The van der Waals surface area contributed by atoms with Crippen molar-refractivity contribution >= 4 is 28.7 Å². The second-order valence-electron chi connectivity index (χ2n) is 10.9. The van der Waals surface area contributed by atoms with E-state index in [-0.39, 0.29) is 35.2 Å². The number of anilines is 2. The lowest BCUT2D eigenvalue weighted by Crippen LogP contribution is -2.41. The second kappa shape index (κ2) is 10.0. The first-order valence-electron chi connectivity index (χ1n) is 12.5. The molecule has 2 aromatic heterocycles. The van der Waals surface area contributed by atoms with Crippen molar-refractivity contribution in [2.75, 3.05) is 19.5 Å². The lowest BCUT2D eigenvalue weighted by atomic mass is 9.81. The number of nitrogens with zero attached hydrogens (tertiary/aromatic N) is 4. The smallest absolute Gasteiger partial charge is 0.226 e. The number of methoxy groups -OCH3 is 1. The van der Waals surface area contributed by atoms with Gasteiger partial charge in [-0.2, -0.15) is 5.10 Å². The van der Waals surface area contributed by atoms with E-state index in [9.17, 15) is 9.59 Å². The molecule has 0 aliphatic heterocycles. The zero-order valence-electron chi connectivity index (χ0n) is 22.3. The van der Waals surface area contributed by atoms with Gasteiger partial charge in [-0.1, -0.05) is 32.9 Å². The van der Waals surface area contributed by atoms with Crippen molar-refractivity contribution in [3.8, 4) is 0 Å². The number of fused-ring (bicyclic) bond motifs is 1. The summed E-state index contributed by atoms with van der Waals surface area (Å²) >= 11 is 0. The van der Waals surface area contributed by atoms with E-state index in [0.29, 0.717) is 19.3 Å². The second-order valence-corrected chi connectivity index (χ2v) is 10.9. The molecule has 4 rings (SSSR count). The predicted octanol–water partition coefficient (Wildman–Crippen LogP) is 5.40. The van der Waals surface area contributed by atoms with E-state index in [1.165, 1.54) is 0 Å². The van der Waals surface area contributed by atoms with Crippen molar-refractivity contribution in [2.45, 2.75) is 66.0 Å². The van der Waals surface area contributed by atoms with Gasteiger partial charge in [-0.05, 0) is 43.4 Å². The van der Waals surface area contributed by atoms with Crippen molar-refractivity contribution in [3.05, 3.63) is 53.5 Å². The first-order chi connectivity index (χ1) is 17.0. The highest BCUT2D eigenvalue weighted by Gasteiger charge is 2.37. The Bertz CT molecular complexity index is 1260. The fraction of sp³-hybridized carbons (Fsp3) is 0.500. The van der Waals surface area contributed by atoms with Gasteiger partial charge in [-0.3, -0.25) is 9.59 Å². The Hall–Kier alpha value is -3.26. The molecule has 0 saturated heterocycles. The third-order valence-electron chi connectivity index (χ3n) is 7.07. The molecular formula is C28H37N5O3. The molecular weight excluding hydrogens is 454 g/mol. The van der Waals surface area contributed by atoms with E-state index in [4.69, 9.17) is 4.74 Å². The minimum Gasteiger partial charge on any atom is -0.377 e. The summed E-state index contributed by atoms with van der Waals surface area (Å²) in [6.07, 6.45) is 5.03. The SMILES string of the molecule is CO[C@@H](C)c1c(Nc2ccc([C@H](N(C)C(=O)[C@@H]3CCC(=O)C3)C(C)(C)C)cc2)cnn2cc(C)nc12. The quantitative estimate of drug-likeness (QED) is 0.476. The van der Waals surface area contributed by atoms with Crippen LogP contribution in [0.3, 0.4) is 0 Å². The number of benzene rings is 1. The first kappa shape index (κ1) is 25.8. The molecule has 1 N–H and O–H groups in total. The third kappa shape index (κ3) is 5.14. The van der Waals surface area contributed by atoms with Gasteiger partial charge >= 0.3 is 0 Å². The van der Waals surface area contributed by atoms with E-state index < -0.39 is 0 Å². The number of hydrogen-bond acceptors (Lipinski definition) is 6. The normalized spacial score (nSPS) is 17.9. The van der Waals surface area contributed by atoms with Gasteiger partial charge < -0.3 is 15.0 Å². The summed E-state index contributed by atoms with van der Waals surface area (Å²) < 4.78 is 7.41. The number of hydrogen-bond donors (Lipinski definition) is 1. The first-order valence-corrected chi connectivity index (χ1v) is 12.5. The number of carbonyl (C=O) groups is 2. The third-order valence-corrected chi connectivity index (χ3v) is 7.07. The lowest BCUT2D eigenvalue weighted by molar-refractivity contribution is -0.139. The zero-order valence-corrected chi connectivity index (χ0v) is 22.3. The summed E-state index contributed by atoms with van der Waals surface area (Å²) in [5.41, 5.74) is 5.20. The average molecular weight is 492 g/mol. The lowest BCUT2D eigenvalue weighted by Gasteiger charge is -2.39. The number of imidazole rings is 1. The summed E-state index contributed by atoms with van der Waals surface area (Å²) in [6, 6.07) is 8.05. The highest BCUT2D eigenvalue weighted by atomic mass is 16.5. The summed E-state index contributed by atoms with van der Waals surface area (Å²) in [5.74, 6) is 0.0311. The molecule has 1 saturated carbocycles. The summed E-state index contributed by atoms with van der Waals surface area (Å²) in [7, 11) is 3.54. The summed E-state index contributed by atoms with van der Waals surface area (Å²) in [5, 5.41) is 7.99. The molecule has 3 atom stereocenters. The van der Waals surface area contributed by atoms with Crippen molar-refractivity contribution in [1.82, 2.24) is 19.5 Å².